The average Bonchev–Trinajstić information content (AvgIpc) is 3.19. The van der Waals surface area contributed by atoms with Gasteiger partial charge in [0.1, 0.15) is 10.3 Å². The molecule has 0 atom stereocenters. The van der Waals surface area contributed by atoms with Crippen molar-refractivity contribution in [2.24, 2.45) is 0 Å². The van der Waals surface area contributed by atoms with Crippen molar-refractivity contribution < 1.29 is 9.53 Å². The number of hydrogen-bond acceptors (Lipinski definition) is 5. The van der Waals surface area contributed by atoms with Crippen molar-refractivity contribution in [2.45, 2.75) is 12.8 Å². The molecule has 4 rings (SSSR count). The fourth-order valence-electron chi connectivity index (χ4n) is 2.82. The monoisotopic (exact) mass is 387 g/mol. The summed E-state index contributed by atoms with van der Waals surface area (Å²) in [5.41, 5.74) is 2.13. The first-order chi connectivity index (χ1) is 11.7. The van der Waals surface area contributed by atoms with Crippen LogP contribution >= 0.6 is 15.9 Å². The quantitative estimate of drug-likeness (QED) is 0.646. The van der Waals surface area contributed by atoms with E-state index >= 15 is 0 Å². The molecule has 1 aliphatic heterocycles. The molecule has 24 heavy (non-hydrogen) atoms. The third-order valence-electron chi connectivity index (χ3n) is 3.97. The Hall–Kier alpha value is -2.48. The summed E-state index contributed by atoms with van der Waals surface area (Å²) < 4.78 is 7.84. The lowest BCUT2D eigenvalue weighted by Gasteiger charge is -2.17. The summed E-state index contributed by atoms with van der Waals surface area (Å²) in [5.74, 6) is 1.11. The van der Waals surface area contributed by atoms with Gasteiger partial charge in [0.25, 0.3) is 0 Å². The maximum Gasteiger partial charge on any atom is 0.228 e. The second kappa shape index (κ2) is 5.86. The first-order valence-corrected chi connectivity index (χ1v) is 8.33. The molecule has 7 nitrogen and oxygen atoms in total. The highest BCUT2D eigenvalue weighted by Gasteiger charge is 2.27. The minimum Gasteiger partial charge on any atom is -0.493 e. The number of ether oxygens (including phenoxy) is 1. The van der Waals surface area contributed by atoms with E-state index in [1.54, 1.807) is 28.8 Å². The number of carbonyl (C=O) groups is 1. The summed E-state index contributed by atoms with van der Waals surface area (Å²) in [4.78, 5) is 22.6. The molecule has 8 heteroatoms. The first kappa shape index (κ1) is 15.1. The van der Waals surface area contributed by atoms with Gasteiger partial charge in [-0.05, 0) is 34.5 Å². The van der Waals surface area contributed by atoms with Crippen LogP contribution in [0.15, 0.2) is 35.1 Å². The van der Waals surface area contributed by atoms with E-state index in [4.69, 9.17) is 4.74 Å². The number of hydrogen-bond donors (Lipinski definition) is 0. The molecule has 0 aliphatic carbocycles. The molecule has 1 saturated heterocycles. The van der Waals surface area contributed by atoms with Crippen molar-refractivity contribution in [1.82, 2.24) is 19.6 Å². The van der Waals surface area contributed by atoms with Gasteiger partial charge in [-0.15, -0.1) is 5.10 Å². The number of amides is 1. The van der Waals surface area contributed by atoms with Crippen LogP contribution in [0, 0.1) is 0 Å². The number of halogens is 1. The Labute approximate surface area is 146 Å². The Morgan fingerprint density at radius 2 is 2.21 bits per heavy atom. The van der Waals surface area contributed by atoms with Crippen molar-refractivity contribution in [3.05, 3.63) is 35.1 Å². The lowest BCUT2D eigenvalue weighted by Crippen LogP contribution is -2.26. The Morgan fingerprint density at radius 3 is 2.92 bits per heavy atom. The van der Waals surface area contributed by atoms with Gasteiger partial charge in [0, 0.05) is 19.0 Å². The predicted molar refractivity (Wildman–Crippen MR) is 92.1 cm³/mol. The van der Waals surface area contributed by atoms with E-state index in [0.29, 0.717) is 30.2 Å². The number of anilines is 1. The van der Waals surface area contributed by atoms with Crippen LogP contribution in [0.5, 0.6) is 5.75 Å². The number of aromatic nitrogens is 4. The largest absolute Gasteiger partial charge is 0.493 e. The van der Waals surface area contributed by atoms with E-state index in [0.717, 1.165) is 22.4 Å². The summed E-state index contributed by atoms with van der Waals surface area (Å²) in [7, 11) is 1.57. The Bertz CT molecular complexity index is 939. The van der Waals surface area contributed by atoms with E-state index in [1.807, 2.05) is 18.2 Å². The maximum absolute atomic E-state index is 12.1. The third-order valence-corrected chi connectivity index (χ3v) is 4.41. The molecule has 0 spiro atoms. The topological polar surface area (TPSA) is 72.6 Å². The van der Waals surface area contributed by atoms with Gasteiger partial charge in [-0.25, -0.2) is 14.5 Å². The number of fused-ring (bicyclic) bond motifs is 1. The van der Waals surface area contributed by atoms with Crippen LogP contribution in [-0.2, 0) is 4.79 Å². The summed E-state index contributed by atoms with van der Waals surface area (Å²) in [6.07, 6.45) is 3.07. The molecule has 4 heterocycles. The summed E-state index contributed by atoms with van der Waals surface area (Å²) in [6, 6.07) is 7.44. The van der Waals surface area contributed by atoms with Crippen molar-refractivity contribution >= 4 is 33.3 Å². The second-order valence-electron chi connectivity index (χ2n) is 5.44. The molecule has 3 aromatic heterocycles. The summed E-state index contributed by atoms with van der Waals surface area (Å²) in [6.45, 7) is 0.646. The van der Waals surface area contributed by atoms with Crippen LogP contribution < -0.4 is 9.64 Å². The molecule has 1 amide bonds. The Morgan fingerprint density at radius 1 is 1.33 bits per heavy atom. The van der Waals surface area contributed by atoms with Crippen LogP contribution in [0.3, 0.4) is 0 Å². The number of methoxy groups -OCH3 is 1. The number of nitrogens with zero attached hydrogens (tertiary/aromatic N) is 5. The molecular weight excluding hydrogens is 374 g/mol. The van der Waals surface area contributed by atoms with Crippen LogP contribution in [0.4, 0.5) is 5.82 Å². The molecule has 122 valence electrons. The number of imidazole rings is 1. The SMILES string of the molecule is COc1cc2ncc(-c3cccc(Br)n3)n2nc1N1CCCC1=O. The third kappa shape index (κ3) is 2.43. The number of pyridine rings is 1. The molecule has 1 aliphatic rings. The van der Waals surface area contributed by atoms with Crippen LogP contribution in [0.1, 0.15) is 12.8 Å². The molecule has 0 N–H and O–H groups in total. The van der Waals surface area contributed by atoms with Gasteiger partial charge in [0.2, 0.25) is 5.91 Å². The van der Waals surface area contributed by atoms with Crippen LogP contribution in [0.25, 0.3) is 17.0 Å². The zero-order valence-corrected chi connectivity index (χ0v) is 14.5. The predicted octanol–water partition coefficient (Wildman–Crippen LogP) is 2.69. The van der Waals surface area contributed by atoms with E-state index in [9.17, 15) is 4.79 Å². The average molecular weight is 388 g/mol. The molecule has 0 radical (unpaired) electrons. The molecule has 1 fully saturated rings. The molecule has 0 bridgehead atoms. The van der Waals surface area contributed by atoms with Gasteiger partial charge in [-0.3, -0.25) is 9.69 Å². The second-order valence-corrected chi connectivity index (χ2v) is 6.26. The highest BCUT2D eigenvalue weighted by molar-refractivity contribution is 9.10. The van der Waals surface area contributed by atoms with Crippen LogP contribution in [0.2, 0.25) is 0 Å². The van der Waals surface area contributed by atoms with Crippen molar-refractivity contribution in [2.75, 3.05) is 18.6 Å². The van der Waals surface area contributed by atoms with Gasteiger partial charge in [0.05, 0.1) is 19.0 Å². The maximum atomic E-state index is 12.1. The molecule has 3 aromatic rings. The van der Waals surface area contributed by atoms with Crippen molar-refractivity contribution in [3.8, 4) is 17.1 Å². The Kier molecular flexibility index (Phi) is 3.68. The molecule has 0 aromatic carbocycles. The summed E-state index contributed by atoms with van der Waals surface area (Å²) in [5, 5.41) is 4.62. The smallest absolute Gasteiger partial charge is 0.228 e. The van der Waals surface area contributed by atoms with E-state index < -0.39 is 0 Å². The van der Waals surface area contributed by atoms with Crippen LogP contribution in [-0.4, -0.2) is 39.1 Å². The van der Waals surface area contributed by atoms with E-state index in [-0.39, 0.29) is 5.91 Å². The minimum absolute atomic E-state index is 0.0578. The lowest BCUT2D eigenvalue weighted by atomic mass is 10.3. The van der Waals surface area contributed by atoms with Gasteiger partial charge < -0.3 is 4.74 Å². The molecule has 0 unspecified atom stereocenters. The molecule has 0 saturated carbocycles. The lowest BCUT2D eigenvalue weighted by molar-refractivity contribution is -0.117. The van der Waals surface area contributed by atoms with Gasteiger partial charge in [-0.1, -0.05) is 6.07 Å². The first-order valence-electron chi connectivity index (χ1n) is 7.53. The zero-order valence-electron chi connectivity index (χ0n) is 12.9. The normalized spacial score (nSPS) is 14.6. The fraction of sp³-hybridized carbons (Fsp3) is 0.250. The number of carbonyl (C=O) groups excluding carboxylic acids is 1. The van der Waals surface area contributed by atoms with Crippen molar-refractivity contribution in [1.29, 1.82) is 0 Å². The van der Waals surface area contributed by atoms with Gasteiger partial charge in [0.15, 0.2) is 17.2 Å². The minimum atomic E-state index is 0.0578. The number of rotatable bonds is 3. The van der Waals surface area contributed by atoms with Gasteiger partial charge >= 0.3 is 0 Å². The molecular formula is C16H14BrN5O2. The van der Waals surface area contributed by atoms with Gasteiger partial charge in [-0.2, -0.15) is 0 Å². The van der Waals surface area contributed by atoms with E-state index in [1.165, 1.54) is 0 Å². The highest BCUT2D eigenvalue weighted by atomic mass is 79.9. The fourth-order valence-corrected chi connectivity index (χ4v) is 3.17. The summed E-state index contributed by atoms with van der Waals surface area (Å²) >= 11 is 3.38. The van der Waals surface area contributed by atoms with E-state index in [2.05, 4.69) is 31.0 Å². The Balaban J connectivity index is 1.91. The van der Waals surface area contributed by atoms with Crippen molar-refractivity contribution in [3.63, 3.8) is 0 Å². The highest BCUT2D eigenvalue weighted by Crippen LogP contribution is 2.31. The zero-order chi connectivity index (χ0) is 16.7. The standard InChI is InChI=1S/C16H14BrN5O2/c1-24-12-8-14-18-9-11(10-4-2-5-13(17)19-10)22(14)20-16(12)21-7-3-6-15(21)23/h2,4-5,8-9H,3,6-7H2,1H3.